The normalized spacial score (nSPS) is 16.5. The van der Waals surface area contributed by atoms with Crippen LogP contribution < -0.4 is 9.64 Å². The van der Waals surface area contributed by atoms with Gasteiger partial charge in [-0.05, 0) is 43.5 Å². The molecule has 1 amide bonds. The number of nitrogens with zero attached hydrogens (tertiary/aromatic N) is 2. The van der Waals surface area contributed by atoms with E-state index < -0.39 is 0 Å². The van der Waals surface area contributed by atoms with E-state index in [-0.39, 0.29) is 12.0 Å². The number of thiazole rings is 1. The molecule has 6 heteroatoms. The Hall–Kier alpha value is -2.70. The van der Waals surface area contributed by atoms with Crippen molar-refractivity contribution < 1.29 is 14.3 Å². The summed E-state index contributed by atoms with van der Waals surface area (Å²) < 4.78 is 12.5. The van der Waals surface area contributed by atoms with Gasteiger partial charge in [-0.3, -0.25) is 9.69 Å². The Labute approximate surface area is 174 Å². The standard InChI is InChI=1S/C23H24N2O3S/c1-2-27-19-11-6-12-20-22(19)24-23(29-20)25(16-18-10-7-15-28-18)21(26)14-13-17-8-4-3-5-9-17/h3-6,8-9,11-14,18H,2,7,10,15-16H2,1H3/b14-13+. The van der Waals surface area contributed by atoms with Crippen LogP contribution in [0.5, 0.6) is 5.75 Å². The first-order valence-electron chi connectivity index (χ1n) is 9.93. The molecule has 0 saturated carbocycles. The second-order valence-corrected chi connectivity index (χ2v) is 7.87. The number of ether oxygens (including phenoxy) is 2. The number of carbonyl (C=O) groups excluding carboxylic acids is 1. The van der Waals surface area contributed by atoms with Crippen LogP contribution in [0.4, 0.5) is 5.13 Å². The molecule has 0 aliphatic carbocycles. The number of anilines is 1. The van der Waals surface area contributed by atoms with E-state index >= 15 is 0 Å². The van der Waals surface area contributed by atoms with Gasteiger partial charge in [0.1, 0.15) is 11.3 Å². The van der Waals surface area contributed by atoms with Crippen molar-refractivity contribution in [3.05, 3.63) is 60.2 Å². The molecular weight excluding hydrogens is 384 g/mol. The summed E-state index contributed by atoms with van der Waals surface area (Å²) in [5, 5.41) is 0.672. The molecule has 0 radical (unpaired) electrons. The molecule has 3 aromatic rings. The summed E-state index contributed by atoms with van der Waals surface area (Å²) in [7, 11) is 0. The molecule has 1 aliphatic rings. The monoisotopic (exact) mass is 408 g/mol. The first kappa shape index (κ1) is 19.6. The van der Waals surface area contributed by atoms with Crippen molar-refractivity contribution in [1.82, 2.24) is 4.98 Å². The molecule has 0 bridgehead atoms. The smallest absolute Gasteiger partial charge is 0.252 e. The minimum Gasteiger partial charge on any atom is -0.492 e. The number of hydrogen-bond acceptors (Lipinski definition) is 5. The van der Waals surface area contributed by atoms with Gasteiger partial charge in [-0.25, -0.2) is 4.98 Å². The van der Waals surface area contributed by atoms with Crippen LogP contribution in [0, 0.1) is 0 Å². The van der Waals surface area contributed by atoms with E-state index in [1.807, 2.05) is 61.5 Å². The molecule has 1 aliphatic heterocycles. The summed E-state index contributed by atoms with van der Waals surface area (Å²) in [6, 6.07) is 15.7. The van der Waals surface area contributed by atoms with Gasteiger partial charge in [0.2, 0.25) is 0 Å². The predicted octanol–water partition coefficient (Wildman–Crippen LogP) is 4.92. The molecule has 29 heavy (non-hydrogen) atoms. The SMILES string of the molecule is CCOc1cccc2sc(N(CC3CCCO3)C(=O)/C=C/c3ccccc3)nc12. The topological polar surface area (TPSA) is 51.7 Å². The summed E-state index contributed by atoms with van der Waals surface area (Å²) in [6.07, 6.45) is 5.48. The number of hydrogen-bond donors (Lipinski definition) is 0. The highest BCUT2D eigenvalue weighted by atomic mass is 32.1. The lowest BCUT2D eigenvalue weighted by Gasteiger charge is -2.21. The number of para-hydroxylation sites is 1. The number of fused-ring (bicyclic) bond motifs is 1. The van der Waals surface area contributed by atoms with Crippen LogP contribution in [0.2, 0.25) is 0 Å². The van der Waals surface area contributed by atoms with Crippen molar-refractivity contribution >= 4 is 38.7 Å². The van der Waals surface area contributed by atoms with Gasteiger partial charge in [-0.15, -0.1) is 0 Å². The number of aromatic nitrogens is 1. The van der Waals surface area contributed by atoms with Crippen LogP contribution in [-0.2, 0) is 9.53 Å². The molecule has 2 aromatic carbocycles. The first-order valence-corrected chi connectivity index (χ1v) is 10.7. The van der Waals surface area contributed by atoms with Crippen molar-refractivity contribution in [1.29, 1.82) is 0 Å². The van der Waals surface area contributed by atoms with Crippen LogP contribution in [0.15, 0.2) is 54.6 Å². The minimum absolute atomic E-state index is 0.0439. The van der Waals surface area contributed by atoms with Crippen LogP contribution >= 0.6 is 11.3 Å². The van der Waals surface area contributed by atoms with Gasteiger partial charge >= 0.3 is 0 Å². The molecule has 2 heterocycles. The third-order valence-corrected chi connectivity index (χ3v) is 5.84. The zero-order valence-electron chi connectivity index (χ0n) is 16.4. The average Bonchev–Trinajstić information content (AvgIpc) is 3.41. The van der Waals surface area contributed by atoms with Gasteiger partial charge in [0.15, 0.2) is 5.13 Å². The third kappa shape index (κ3) is 4.66. The molecule has 150 valence electrons. The van der Waals surface area contributed by atoms with Crippen molar-refractivity contribution in [2.24, 2.45) is 0 Å². The average molecular weight is 409 g/mol. The van der Waals surface area contributed by atoms with Crippen molar-refractivity contribution in [3.8, 4) is 5.75 Å². The molecule has 1 fully saturated rings. The summed E-state index contributed by atoms with van der Waals surface area (Å²) in [5.41, 5.74) is 1.78. The lowest BCUT2D eigenvalue weighted by atomic mass is 10.2. The van der Waals surface area contributed by atoms with E-state index in [4.69, 9.17) is 14.5 Å². The number of rotatable bonds is 7. The fraction of sp³-hybridized carbons (Fsp3) is 0.304. The first-order chi connectivity index (χ1) is 14.2. The lowest BCUT2D eigenvalue weighted by molar-refractivity contribution is -0.114. The van der Waals surface area contributed by atoms with E-state index in [0.29, 0.717) is 18.3 Å². The van der Waals surface area contributed by atoms with Crippen molar-refractivity contribution in [2.75, 3.05) is 24.7 Å². The fourth-order valence-electron chi connectivity index (χ4n) is 3.37. The second-order valence-electron chi connectivity index (χ2n) is 6.86. The van der Waals surface area contributed by atoms with Crippen molar-refractivity contribution in [2.45, 2.75) is 25.9 Å². The molecular formula is C23H24N2O3S. The van der Waals surface area contributed by atoms with Crippen LogP contribution in [0.1, 0.15) is 25.3 Å². The summed E-state index contributed by atoms with van der Waals surface area (Å²) in [5.74, 6) is 0.651. The maximum atomic E-state index is 13.1. The van der Waals surface area contributed by atoms with Gasteiger partial charge in [0.25, 0.3) is 5.91 Å². The summed E-state index contributed by atoms with van der Waals surface area (Å²) >= 11 is 1.50. The number of amides is 1. The molecule has 0 spiro atoms. The molecule has 5 nitrogen and oxygen atoms in total. The molecule has 0 N–H and O–H groups in total. The highest BCUT2D eigenvalue weighted by Crippen LogP contribution is 2.35. The Morgan fingerprint density at radius 1 is 1.28 bits per heavy atom. The Balaban J connectivity index is 1.64. The van der Waals surface area contributed by atoms with E-state index in [2.05, 4.69) is 0 Å². The Kier molecular flexibility index (Phi) is 6.22. The van der Waals surface area contributed by atoms with Gasteiger partial charge < -0.3 is 9.47 Å². The van der Waals surface area contributed by atoms with Crippen LogP contribution in [-0.4, -0.2) is 36.8 Å². The van der Waals surface area contributed by atoms with E-state index in [1.54, 1.807) is 11.0 Å². The highest BCUT2D eigenvalue weighted by Gasteiger charge is 2.25. The largest absolute Gasteiger partial charge is 0.492 e. The molecule has 4 rings (SSSR count). The summed E-state index contributed by atoms with van der Waals surface area (Å²) in [4.78, 5) is 19.6. The molecule has 1 atom stereocenters. The zero-order chi connectivity index (χ0) is 20.1. The minimum atomic E-state index is -0.0960. The quantitative estimate of drug-likeness (QED) is 0.521. The fourth-order valence-corrected chi connectivity index (χ4v) is 4.37. The Bertz CT molecular complexity index is 994. The second kappa shape index (κ2) is 9.20. The Morgan fingerprint density at radius 3 is 2.90 bits per heavy atom. The number of carbonyl (C=O) groups is 1. The predicted molar refractivity (Wildman–Crippen MR) is 118 cm³/mol. The van der Waals surface area contributed by atoms with E-state index in [9.17, 15) is 4.79 Å². The molecule has 1 saturated heterocycles. The van der Waals surface area contributed by atoms with Crippen molar-refractivity contribution in [3.63, 3.8) is 0 Å². The van der Waals surface area contributed by atoms with E-state index in [0.717, 1.165) is 41.0 Å². The molecule has 1 aromatic heterocycles. The summed E-state index contributed by atoms with van der Waals surface area (Å²) in [6.45, 7) is 3.78. The van der Waals surface area contributed by atoms with Crippen LogP contribution in [0.25, 0.3) is 16.3 Å². The van der Waals surface area contributed by atoms with Gasteiger partial charge in [-0.1, -0.05) is 47.7 Å². The van der Waals surface area contributed by atoms with Gasteiger partial charge in [0, 0.05) is 12.7 Å². The lowest BCUT2D eigenvalue weighted by Crippen LogP contribution is -2.36. The number of benzene rings is 2. The highest BCUT2D eigenvalue weighted by molar-refractivity contribution is 7.22. The Morgan fingerprint density at radius 2 is 2.14 bits per heavy atom. The maximum Gasteiger partial charge on any atom is 0.252 e. The molecule has 1 unspecified atom stereocenters. The maximum absolute atomic E-state index is 13.1. The van der Waals surface area contributed by atoms with Gasteiger partial charge in [0.05, 0.1) is 24.0 Å². The van der Waals surface area contributed by atoms with E-state index in [1.165, 1.54) is 11.3 Å². The van der Waals surface area contributed by atoms with Gasteiger partial charge in [-0.2, -0.15) is 0 Å². The third-order valence-electron chi connectivity index (χ3n) is 4.80. The zero-order valence-corrected chi connectivity index (χ0v) is 17.2. The van der Waals surface area contributed by atoms with Crippen LogP contribution in [0.3, 0.4) is 0 Å².